The number of carboxylic acid groups (broad SMARTS) is 1. The third kappa shape index (κ3) is 6.72. The fourth-order valence-electron chi connectivity index (χ4n) is 5.32. The molecular formula is C26H42O4. The van der Waals surface area contributed by atoms with E-state index in [0.717, 1.165) is 32.1 Å². The van der Waals surface area contributed by atoms with Gasteiger partial charge in [0.1, 0.15) is 6.10 Å². The molecular weight excluding hydrogens is 376 g/mol. The van der Waals surface area contributed by atoms with Crippen LogP contribution in [0.5, 0.6) is 0 Å². The van der Waals surface area contributed by atoms with Gasteiger partial charge >= 0.3 is 11.9 Å². The highest BCUT2D eigenvalue weighted by atomic mass is 16.5. The zero-order valence-electron chi connectivity index (χ0n) is 19.8. The predicted molar refractivity (Wildman–Crippen MR) is 121 cm³/mol. The van der Waals surface area contributed by atoms with Crippen LogP contribution in [0.1, 0.15) is 80.1 Å². The number of carboxylic acids is 1. The number of carbonyl (C=O) groups is 2. The molecule has 0 aromatic rings. The first-order valence-corrected chi connectivity index (χ1v) is 11.9. The van der Waals surface area contributed by atoms with Crippen molar-refractivity contribution in [3.8, 4) is 0 Å². The first-order valence-electron chi connectivity index (χ1n) is 11.9. The van der Waals surface area contributed by atoms with Crippen molar-refractivity contribution in [3.63, 3.8) is 0 Å². The smallest absolute Gasteiger partial charge is 0.308 e. The van der Waals surface area contributed by atoms with Crippen LogP contribution in [-0.2, 0) is 14.3 Å². The molecule has 8 atom stereocenters. The van der Waals surface area contributed by atoms with Gasteiger partial charge in [-0.1, -0.05) is 66.2 Å². The van der Waals surface area contributed by atoms with Gasteiger partial charge in [0.05, 0.1) is 5.92 Å². The van der Waals surface area contributed by atoms with Gasteiger partial charge in [-0.2, -0.15) is 0 Å². The molecule has 0 saturated carbocycles. The predicted octanol–water partition coefficient (Wildman–Crippen LogP) is 6.27. The van der Waals surface area contributed by atoms with Gasteiger partial charge in [-0.3, -0.25) is 9.59 Å². The van der Waals surface area contributed by atoms with Crippen LogP contribution in [0.4, 0.5) is 0 Å². The maximum atomic E-state index is 12.6. The number of allylic oxidation sites excluding steroid dienone is 3. The van der Waals surface area contributed by atoms with Crippen LogP contribution in [0.3, 0.4) is 0 Å². The van der Waals surface area contributed by atoms with Gasteiger partial charge in [0.25, 0.3) is 0 Å². The summed E-state index contributed by atoms with van der Waals surface area (Å²) in [6, 6.07) is 0. The standard InChI is InChI=1S/C26H42O4/c1-7-19(5)26(29)30-23-14-18(4)13-21-10-9-20(6)22(25(21)23)11-8-16(2)12-17(3)15-24(27)28/h9-10,13,16-20,22-23,25H,7-8,11-12,14-15H2,1-6H3,(H,27,28)/t16-,17?,18-,19+,20+,22?,23+,25+/m1/s1. The number of ether oxygens (including phenoxy) is 1. The van der Waals surface area contributed by atoms with Crippen molar-refractivity contribution < 1.29 is 19.4 Å². The molecule has 0 heterocycles. The number of hydrogen-bond acceptors (Lipinski definition) is 3. The second-order valence-electron chi connectivity index (χ2n) is 10.2. The van der Waals surface area contributed by atoms with Crippen LogP contribution in [-0.4, -0.2) is 23.1 Å². The van der Waals surface area contributed by atoms with Gasteiger partial charge in [-0.05, 0) is 60.8 Å². The van der Waals surface area contributed by atoms with E-state index in [9.17, 15) is 9.59 Å². The maximum Gasteiger partial charge on any atom is 0.308 e. The third-order valence-corrected chi connectivity index (χ3v) is 7.20. The Morgan fingerprint density at radius 3 is 2.53 bits per heavy atom. The Labute approximate surface area is 183 Å². The molecule has 0 fully saturated rings. The molecule has 30 heavy (non-hydrogen) atoms. The van der Waals surface area contributed by atoms with E-state index in [4.69, 9.17) is 9.84 Å². The molecule has 1 N–H and O–H groups in total. The van der Waals surface area contributed by atoms with Gasteiger partial charge in [0.2, 0.25) is 0 Å². The monoisotopic (exact) mass is 418 g/mol. The van der Waals surface area contributed by atoms with Crippen molar-refractivity contribution in [1.82, 2.24) is 0 Å². The highest BCUT2D eigenvalue weighted by Crippen LogP contribution is 2.45. The summed E-state index contributed by atoms with van der Waals surface area (Å²) < 4.78 is 6.10. The van der Waals surface area contributed by atoms with E-state index in [1.165, 1.54) is 5.57 Å². The lowest BCUT2D eigenvalue weighted by atomic mass is 9.65. The van der Waals surface area contributed by atoms with Crippen molar-refractivity contribution >= 4 is 11.9 Å². The molecule has 0 bridgehead atoms. The van der Waals surface area contributed by atoms with Crippen LogP contribution >= 0.6 is 0 Å². The molecule has 0 radical (unpaired) electrons. The van der Waals surface area contributed by atoms with Crippen LogP contribution in [0.15, 0.2) is 23.8 Å². The van der Waals surface area contributed by atoms with Gasteiger partial charge < -0.3 is 9.84 Å². The molecule has 2 aliphatic rings. The van der Waals surface area contributed by atoms with Crippen LogP contribution < -0.4 is 0 Å². The summed E-state index contributed by atoms with van der Waals surface area (Å²) in [4.78, 5) is 23.5. The van der Waals surface area contributed by atoms with E-state index < -0.39 is 5.97 Å². The number of aliphatic carboxylic acids is 1. The third-order valence-electron chi connectivity index (χ3n) is 7.20. The minimum atomic E-state index is -0.710. The van der Waals surface area contributed by atoms with Crippen molar-refractivity contribution in [3.05, 3.63) is 23.8 Å². The Balaban J connectivity index is 2.09. The average molecular weight is 419 g/mol. The first kappa shape index (κ1) is 24.7. The lowest BCUT2D eigenvalue weighted by Crippen LogP contribution is -2.41. The number of hydrogen-bond donors (Lipinski definition) is 1. The van der Waals surface area contributed by atoms with E-state index in [1.54, 1.807) is 0 Å². The second-order valence-corrected chi connectivity index (χ2v) is 10.2. The molecule has 2 unspecified atom stereocenters. The summed E-state index contributed by atoms with van der Waals surface area (Å²) in [5.41, 5.74) is 1.34. The molecule has 170 valence electrons. The summed E-state index contributed by atoms with van der Waals surface area (Å²) in [6.45, 7) is 12.7. The van der Waals surface area contributed by atoms with Crippen molar-refractivity contribution in [2.45, 2.75) is 86.2 Å². The Bertz CT molecular complexity index is 649. The summed E-state index contributed by atoms with van der Waals surface area (Å²) in [7, 11) is 0. The molecule has 0 aromatic heterocycles. The summed E-state index contributed by atoms with van der Waals surface area (Å²) in [5, 5.41) is 9.02. The van der Waals surface area contributed by atoms with Crippen molar-refractivity contribution in [2.75, 3.05) is 0 Å². The van der Waals surface area contributed by atoms with Gasteiger partial charge in [0, 0.05) is 12.3 Å². The summed E-state index contributed by atoms with van der Waals surface area (Å²) in [5.74, 6) is 1.48. The fourth-order valence-corrected chi connectivity index (χ4v) is 5.32. The Kier molecular flexibility index (Phi) is 9.18. The Hall–Kier alpha value is -1.58. The second kappa shape index (κ2) is 11.2. The molecule has 4 heteroatoms. The van der Waals surface area contributed by atoms with Crippen molar-refractivity contribution in [2.24, 2.45) is 41.4 Å². The Morgan fingerprint density at radius 2 is 1.90 bits per heavy atom. The number of fused-ring (bicyclic) bond motifs is 1. The summed E-state index contributed by atoms with van der Waals surface area (Å²) >= 11 is 0. The lowest BCUT2D eigenvalue weighted by Gasteiger charge is -2.43. The molecule has 4 nitrogen and oxygen atoms in total. The normalized spacial score (nSPS) is 31.3. The number of rotatable bonds is 10. The van der Waals surface area contributed by atoms with E-state index in [-0.39, 0.29) is 36.2 Å². The minimum Gasteiger partial charge on any atom is -0.481 e. The molecule has 0 amide bonds. The number of esters is 1. The molecule has 0 saturated heterocycles. The van der Waals surface area contributed by atoms with Gasteiger partial charge in [-0.25, -0.2) is 0 Å². The topological polar surface area (TPSA) is 63.6 Å². The van der Waals surface area contributed by atoms with E-state index in [0.29, 0.717) is 23.7 Å². The molecule has 0 spiro atoms. The number of carbonyl (C=O) groups excluding carboxylic acids is 1. The zero-order valence-corrected chi connectivity index (χ0v) is 19.8. The summed E-state index contributed by atoms with van der Waals surface area (Å²) in [6.07, 6.45) is 12.0. The lowest BCUT2D eigenvalue weighted by molar-refractivity contribution is -0.158. The SMILES string of the molecule is CC[C@H](C)C(=O)O[C@H]1C[C@H](C)C=C2C=C[C@H](C)C(CC[C@@H](C)CC(C)CC(=O)O)[C@H]21. The largest absolute Gasteiger partial charge is 0.481 e. The van der Waals surface area contributed by atoms with E-state index >= 15 is 0 Å². The van der Waals surface area contributed by atoms with E-state index in [2.05, 4.69) is 39.0 Å². The molecule has 0 aromatic carbocycles. The fraction of sp³-hybridized carbons (Fsp3) is 0.769. The van der Waals surface area contributed by atoms with Gasteiger partial charge in [-0.15, -0.1) is 0 Å². The van der Waals surface area contributed by atoms with E-state index in [1.807, 2.05) is 20.8 Å². The van der Waals surface area contributed by atoms with Crippen LogP contribution in [0, 0.1) is 41.4 Å². The molecule has 0 aliphatic heterocycles. The minimum absolute atomic E-state index is 0.0415. The highest BCUT2D eigenvalue weighted by Gasteiger charge is 2.41. The Morgan fingerprint density at radius 1 is 1.20 bits per heavy atom. The quantitative estimate of drug-likeness (QED) is 0.425. The van der Waals surface area contributed by atoms with Gasteiger partial charge in [0.15, 0.2) is 0 Å². The first-order chi connectivity index (χ1) is 14.1. The van der Waals surface area contributed by atoms with Crippen LogP contribution in [0.2, 0.25) is 0 Å². The average Bonchev–Trinajstić information content (AvgIpc) is 2.65. The highest BCUT2D eigenvalue weighted by molar-refractivity contribution is 5.72. The molecule has 2 aliphatic carbocycles. The van der Waals surface area contributed by atoms with Crippen molar-refractivity contribution in [1.29, 1.82) is 0 Å². The maximum absolute atomic E-state index is 12.6. The van der Waals surface area contributed by atoms with Crippen LogP contribution in [0.25, 0.3) is 0 Å². The zero-order chi connectivity index (χ0) is 22.4. The molecule has 2 rings (SSSR count).